The number of rotatable bonds is 3. The highest BCUT2D eigenvalue weighted by Crippen LogP contribution is 2.12. The zero-order valence-corrected chi connectivity index (χ0v) is 8.00. The molecule has 4 nitrogen and oxygen atoms in total. The van der Waals surface area contributed by atoms with Crippen molar-refractivity contribution in [3.63, 3.8) is 0 Å². The molecule has 74 valence electrons. The fourth-order valence-corrected chi connectivity index (χ4v) is 1.17. The van der Waals surface area contributed by atoms with Gasteiger partial charge in [0.25, 0.3) is 0 Å². The van der Waals surface area contributed by atoms with Crippen LogP contribution in [-0.2, 0) is 14.3 Å². The van der Waals surface area contributed by atoms with Gasteiger partial charge in [0.15, 0.2) is 5.78 Å². The molecule has 13 heavy (non-hydrogen) atoms. The maximum Gasteiger partial charge on any atom is 0.226 e. The Hall–Kier alpha value is -0.900. The Morgan fingerprint density at radius 3 is 2.69 bits per heavy atom. The number of Topliss-reactive ketones (excluding diaryl/α,β-unsaturated/α-hetero) is 1. The highest BCUT2D eigenvalue weighted by Gasteiger charge is 2.25. The van der Waals surface area contributed by atoms with Crippen molar-refractivity contribution in [1.29, 1.82) is 0 Å². The summed E-state index contributed by atoms with van der Waals surface area (Å²) in [5.41, 5.74) is 0. The Morgan fingerprint density at radius 2 is 2.23 bits per heavy atom. The molecule has 1 rings (SSSR count). The lowest BCUT2D eigenvalue weighted by Gasteiger charge is -2.13. The minimum atomic E-state index is -0.381. The van der Waals surface area contributed by atoms with Gasteiger partial charge in [-0.3, -0.25) is 9.59 Å². The Morgan fingerprint density at radius 1 is 1.54 bits per heavy atom. The summed E-state index contributed by atoms with van der Waals surface area (Å²) in [6.45, 7) is 4.29. The van der Waals surface area contributed by atoms with Crippen molar-refractivity contribution in [2.75, 3.05) is 13.2 Å². The van der Waals surface area contributed by atoms with E-state index in [0.717, 1.165) is 6.42 Å². The Balaban J connectivity index is 2.35. The third-order valence-corrected chi connectivity index (χ3v) is 2.27. The lowest BCUT2D eigenvalue weighted by molar-refractivity contribution is -0.129. The van der Waals surface area contributed by atoms with Gasteiger partial charge in [-0.2, -0.15) is 0 Å². The second-order valence-electron chi connectivity index (χ2n) is 3.40. The molecule has 0 aromatic rings. The molecule has 1 N–H and O–H groups in total. The molecule has 0 spiro atoms. The van der Waals surface area contributed by atoms with Crippen LogP contribution in [0.1, 0.15) is 20.3 Å². The molecule has 2 unspecified atom stereocenters. The highest BCUT2D eigenvalue weighted by molar-refractivity contribution is 5.88. The summed E-state index contributed by atoms with van der Waals surface area (Å²) in [7, 11) is 0. The van der Waals surface area contributed by atoms with Crippen molar-refractivity contribution in [3.05, 3.63) is 0 Å². The molecular weight excluding hydrogens is 170 g/mol. The number of nitrogens with one attached hydrogen (secondary N) is 1. The van der Waals surface area contributed by atoms with Crippen molar-refractivity contribution in [3.8, 4) is 0 Å². The molecule has 0 aliphatic carbocycles. The molecule has 1 heterocycles. The lowest BCUT2D eigenvalue weighted by atomic mass is 10.1. The largest absolute Gasteiger partial charge is 0.381 e. The van der Waals surface area contributed by atoms with Gasteiger partial charge in [-0.1, -0.05) is 0 Å². The minimum Gasteiger partial charge on any atom is -0.381 e. The lowest BCUT2D eigenvalue weighted by Crippen LogP contribution is -2.41. The first-order valence-corrected chi connectivity index (χ1v) is 4.50. The van der Waals surface area contributed by atoms with Crippen LogP contribution in [-0.4, -0.2) is 30.9 Å². The van der Waals surface area contributed by atoms with Gasteiger partial charge in [0.05, 0.1) is 18.6 Å². The van der Waals surface area contributed by atoms with Crippen LogP contribution in [0.15, 0.2) is 0 Å². The van der Waals surface area contributed by atoms with E-state index in [2.05, 4.69) is 5.32 Å². The molecule has 1 fully saturated rings. The molecule has 0 aromatic carbocycles. The molecule has 1 aliphatic rings. The van der Waals surface area contributed by atoms with Crippen molar-refractivity contribution in [2.24, 2.45) is 5.92 Å². The Bertz CT molecular complexity index is 209. The molecule has 0 saturated carbocycles. The number of hydrogen-bond donors (Lipinski definition) is 1. The Labute approximate surface area is 77.6 Å². The van der Waals surface area contributed by atoms with Gasteiger partial charge < -0.3 is 10.1 Å². The number of carbonyl (C=O) groups is 2. The van der Waals surface area contributed by atoms with E-state index in [1.165, 1.54) is 6.92 Å². The molecule has 0 radical (unpaired) electrons. The van der Waals surface area contributed by atoms with Crippen LogP contribution in [0.2, 0.25) is 0 Å². The standard InChI is InChI=1S/C9H15NO3/c1-6(7(2)11)10-9(12)8-3-4-13-5-8/h6,8H,3-5H2,1-2H3,(H,10,12). The van der Waals surface area contributed by atoms with Crippen LogP contribution in [0.3, 0.4) is 0 Å². The van der Waals surface area contributed by atoms with Gasteiger partial charge in [-0.05, 0) is 20.3 Å². The average Bonchev–Trinajstić information content (AvgIpc) is 2.55. The summed E-state index contributed by atoms with van der Waals surface area (Å²) in [6.07, 6.45) is 0.760. The molecule has 0 bridgehead atoms. The number of hydrogen-bond acceptors (Lipinski definition) is 3. The van der Waals surface area contributed by atoms with Crippen LogP contribution in [0.5, 0.6) is 0 Å². The maximum atomic E-state index is 11.4. The monoisotopic (exact) mass is 185 g/mol. The van der Waals surface area contributed by atoms with Crippen molar-refractivity contribution >= 4 is 11.7 Å². The van der Waals surface area contributed by atoms with Gasteiger partial charge in [0.2, 0.25) is 5.91 Å². The van der Waals surface area contributed by atoms with Gasteiger partial charge in [0.1, 0.15) is 0 Å². The zero-order chi connectivity index (χ0) is 9.84. The average molecular weight is 185 g/mol. The van der Waals surface area contributed by atoms with Gasteiger partial charge >= 0.3 is 0 Å². The molecule has 0 aromatic heterocycles. The van der Waals surface area contributed by atoms with Crippen molar-refractivity contribution in [1.82, 2.24) is 5.32 Å². The predicted octanol–water partition coefficient (Wildman–Crippen LogP) is 0.117. The molecule has 1 amide bonds. The maximum absolute atomic E-state index is 11.4. The van der Waals surface area contributed by atoms with E-state index in [0.29, 0.717) is 13.2 Å². The van der Waals surface area contributed by atoms with E-state index in [1.54, 1.807) is 6.92 Å². The second-order valence-corrected chi connectivity index (χ2v) is 3.40. The first-order chi connectivity index (χ1) is 6.11. The summed E-state index contributed by atoms with van der Waals surface area (Å²) in [6, 6.07) is -0.381. The summed E-state index contributed by atoms with van der Waals surface area (Å²) in [5, 5.41) is 2.65. The number of ketones is 1. The fraction of sp³-hybridized carbons (Fsp3) is 0.778. The van der Waals surface area contributed by atoms with E-state index in [9.17, 15) is 9.59 Å². The van der Waals surface area contributed by atoms with Gasteiger partial charge in [0, 0.05) is 6.61 Å². The molecule has 4 heteroatoms. The normalized spacial score (nSPS) is 24.0. The number of ether oxygens (including phenoxy) is 1. The second kappa shape index (κ2) is 4.37. The molecular formula is C9H15NO3. The van der Waals surface area contributed by atoms with Crippen LogP contribution in [0.25, 0.3) is 0 Å². The fourth-order valence-electron chi connectivity index (χ4n) is 1.17. The van der Waals surface area contributed by atoms with E-state index in [1.807, 2.05) is 0 Å². The van der Waals surface area contributed by atoms with Crippen molar-refractivity contribution < 1.29 is 14.3 Å². The first-order valence-electron chi connectivity index (χ1n) is 4.50. The Kier molecular flexibility index (Phi) is 3.42. The number of amides is 1. The summed E-state index contributed by atoms with van der Waals surface area (Å²) in [5.74, 6) is -0.158. The van der Waals surface area contributed by atoms with E-state index in [4.69, 9.17) is 4.74 Å². The molecule has 1 saturated heterocycles. The van der Waals surface area contributed by atoms with Gasteiger partial charge in [-0.25, -0.2) is 0 Å². The summed E-state index contributed by atoms with van der Waals surface area (Å²) >= 11 is 0. The highest BCUT2D eigenvalue weighted by atomic mass is 16.5. The summed E-state index contributed by atoms with van der Waals surface area (Å²) < 4.78 is 5.07. The third-order valence-electron chi connectivity index (χ3n) is 2.27. The van der Waals surface area contributed by atoms with E-state index in [-0.39, 0.29) is 23.7 Å². The summed E-state index contributed by atoms with van der Waals surface area (Å²) in [4.78, 5) is 22.3. The van der Waals surface area contributed by atoms with Gasteiger partial charge in [-0.15, -0.1) is 0 Å². The van der Waals surface area contributed by atoms with E-state index >= 15 is 0 Å². The molecule has 1 aliphatic heterocycles. The SMILES string of the molecule is CC(=O)C(C)NC(=O)C1CCOC1. The quantitative estimate of drug-likeness (QED) is 0.679. The third kappa shape index (κ3) is 2.81. The smallest absolute Gasteiger partial charge is 0.226 e. The first kappa shape index (κ1) is 10.2. The molecule has 2 atom stereocenters. The predicted molar refractivity (Wildman–Crippen MR) is 47.2 cm³/mol. The van der Waals surface area contributed by atoms with Crippen LogP contribution >= 0.6 is 0 Å². The number of carbonyl (C=O) groups excluding carboxylic acids is 2. The van der Waals surface area contributed by atoms with Crippen LogP contribution < -0.4 is 5.32 Å². The van der Waals surface area contributed by atoms with Crippen molar-refractivity contribution in [2.45, 2.75) is 26.3 Å². The topological polar surface area (TPSA) is 55.4 Å². The van der Waals surface area contributed by atoms with E-state index < -0.39 is 0 Å². The zero-order valence-electron chi connectivity index (χ0n) is 8.00. The minimum absolute atomic E-state index is 0.0211. The van der Waals surface area contributed by atoms with Crippen LogP contribution in [0.4, 0.5) is 0 Å². The van der Waals surface area contributed by atoms with Crippen LogP contribution in [0, 0.1) is 5.92 Å².